The average Bonchev–Trinajstić information content (AvgIpc) is 2.81. The summed E-state index contributed by atoms with van der Waals surface area (Å²) in [5.41, 5.74) is 7.76. The molecule has 0 heterocycles. The standard InChI is InChI=1S/C21H30/c1-16(8-11-19-12-9-17(2)15-19)10-13-20-18(3)7-6-14-21(20,4)5/h8,10-11,13,15H,6-7,9,12,14H2,1-5H3/b13-10+,16-8+,19-11-. The van der Waals surface area contributed by atoms with E-state index in [0.717, 1.165) is 0 Å². The lowest BCUT2D eigenvalue weighted by Gasteiger charge is -2.32. The van der Waals surface area contributed by atoms with Crippen LogP contribution in [0, 0.1) is 5.41 Å². The SMILES string of the molecule is CC1=C\C(=C/C=C(C)/C=C/C2=C(C)CCCC2(C)C)CC1. The summed E-state index contributed by atoms with van der Waals surface area (Å²) in [4.78, 5) is 0. The second kappa shape index (κ2) is 6.64. The topological polar surface area (TPSA) is 0 Å². The van der Waals surface area contributed by atoms with Gasteiger partial charge in [-0.2, -0.15) is 0 Å². The number of rotatable bonds is 3. The molecule has 2 aliphatic carbocycles. The van der Waals surface area contributed by atoms with Gasteiger partial charge in [-0.3, -0.25) is 0 Å². The maximum absolute atomic E-state index is 2.38. The Balaban J connectivity index is 2.10. The first-order valence-electron chi connectivity index (χ1n) is 8.31. The summed E-state index contributed by atoms with van der Waals surface area (Å²) in [6, 6.07) is 0. The molecule has 0 spiro atoms. The fourth-order valence-corrected chi connectivity index (χ4v) is 3.45. The average molecular weight is 282 g/mol. The molecule has 0 saturated heterocycles. The molecule has 0 aromatic heterocycles. The third-order valence-electron chi connectivity index (χ3n) is 4.86. The summed E-state index contributed by atoms with van der Waals surface area (Å²) in [6.45, 7) is 11.5. The van der Waals surface area contributed by atoms with E-state index < -0.39 is 0 Å². The van der Waals surface area contributed by atoms with Gasteiger partial charge in [-0.1, -0.05) is 60.9 Å². The predicted octanol–water partition coefficient (Wildman–Crippen LogP) is 6.68. The molecule has 2 aliphatic rings. The Kier molecular flexibility index (Phi) is 5.08. The summed E-state index contributed by atoms with van der Waals surface area (Å²) in [5, 5.41) is 0. The van der Waals surface area contributed by atoms with Crippen LogP contribution in [-0.4, -0.2) is 0 Å². The zero-order valence-electron chi connectivity index (χ0n) is 14.4. The fraction of sp³-hybridized carbons (Fsp3) is 0.524. The summed E-state index contributed by atoms with van der Waals surface area (Å²) >= 11 is 0. The quantitative estimate of drug-likeness (QED) is 0.506. The van der Waals surface area contributed by atoms with E-state index in [9.17, 15) is 0 Å². The van der Waals surface area contributed by atoms with Crippen LogP contribution in [0.1, 0.15) is 66.7 Å². The van der Waals surface area contributed by atoms with Crippen molar-refractivity contribution in [3.63, 3.8) is 0 Å². The van der Waals surface area contributed by atoms with Crippen LogP contribution in [0.5, 0.6) is 0 Å². The maximum Gasteiger partial charge on any atom is -0.0104 e. The van der Waals surface area contributed by atoms with Crippen molar-refractivity contribution < 1.29 is 0 Å². The van der Waals surface area contributed by atoms with Gasteiger partial charge in [0.05, 0.1) is 0 Å². The molecular formula is C21H30. The summed E-state index contributed by atoms with van der Waals surface area (Å²) in [6.07, 6.45) is 17.8. The van der Waals surface area contributed by atoms with Gasteiger partial charge in [0, 0.05) is 0 Å². The van der Waals surface area contributed by atoms with Gasteiger partial charge in [-0.25, -0.2) is 0 Å². The van der Waals surface area contributed by atoms with E-state index in [1.165, 1.54) is 48.8 Å². The first-order chi connectivity index (χ1) is 9.88. The molecule has 0 heteroatoms. The largest absolute Gasteiger partial charge is 0.0727 e. The molecule has 0 amide bonds. The van der Waals surface area contributed by atoms with Crippen LogP contribution in [0.3, 0.4) is 0 Å². The van der Waals surface area contributed by atoms with Gasteiger partial charge in [-0.15, -0.1) is 0 Å². The van der Waals surface area contributed by atoms with E-state index >= 15 is 0 Å². The summed E-state index contributed by atoms with van der Waals surface area (Å²) < 4.78 is 0. The minimum absolute atomic E-state index is 0.336. The molecule has 0 bridgehead atoms. The Morgan fingerprint density at radius 3 is 2.52 bits per heavy atom. The highest BCUT2D eigenvalue weighted by Crippen LogP contribution is 2.40. The van der Waals surface area contributed by atoms with Gasteiger partial charge in [0.1, 0.15) is 0 Å². The monoisotopic (exact) mass is 282 g/mol. The predicted molar refractivity (Wildman–Crippen MR) is 94.3 cm³/mol. The highest BCUT2D eigenvalue weighted by atomic mass is 14.3. The van der Waals surface area contributed by atoms with E-state index in [0.29, 0.717) is 5.41 Å². The molecule has 2 rings (SSSR count). The number of hydrogen-bond acceptors (Lipinski definition) is 0. The molecule has 0 aromatic rings. The van der Waals surface area contributed by atoms with E-state index in [2.05, 4.69) is 65.0 Å². The minimum Gasteiger partial charge on any atom is -0.0727 e. The van der Waals surface area contributed by atoms with Crippen molar-refractivity contribution >= 4 is 0 Å². The molecule has 0 aromatic carbocycles. The minimum atomic E-state index is 0.336. The smallest absolute Gasteiger partial charge is 0.0104 e. The zero-order chi connectivity index (χ0) is 15.5. The molecular weight excluding hydrogens is 252 g/mol. The van der Waals surface area contributed by atoms with Crippen LogP contribution in [-0.2, 0) is 0 Å². The van der Waals surface area contributed by atoms with Crippen LogP contribution < -0.4 is 0 Å². The summed E-state index contributed by atoms with van der Waals surface area (Å²) in [7, 11) is 0. The van der Waals surface area contributed by atoms with E-state index in [1.807, 2.05) is 0 Å². The molecule has 0 N–H and O–H groups in total. The van der Waals surface area contributed by atoms with Crippen LogP contribution in [0.25, 0.3) is 0 Å². The first kappa shape index (κ1) is 16.1. The van der Waals surface area contributed by atoms with E-state index in [1.54, 1.807) is 11.1 Å². The third kappa shape index (κ3) is 4.33. The van der Waals surface area contributed by atoms with Crippen molar-refractivity contribution in [3.8, 4) is 0 Å². The Hall–Kier alpha value is -1.30. The molecule has 0 aliphatic heterocycles. The van der Waals surface area contributed by atoms with Gasteiger partial charge >= 0.3 is 0 Å². The Morgan fingerprint density at radius 1 is 1.14 bits per heavy atom. The van der Waals surface area contributed by atoms with Crippen LogP contribution >= 0.6 is 0 Å². The molecule has 114 valence electrons. The van der Waals surface area contributed by atoms with Crippen molar-refractivity contribution in [3.05, 3.63) is 58.2 Å². The zero-order valence-corrected chi connectivity index (χ0v) is 14.4. The molecule has 0 fully saturated rings. The van der Waals surface area contributed by atoms with Crippen molar-refractivity contribution in [2.75, 3.05) is 0 Å². The molecule has 0 saturated carbocycles. The Labute approximate surface area is 131 Å². The van der Waals surface area contributed by atoms with E-state index in [-0.39, 0.29) is 0 Å². The van der Waals surface area contributed by atoms with Crippen LogP contribution in [0.15, 0.2) is 58.2 Å². The van der Waals surface area contributed by atoms with Crippen molar-refractivity contribution in [1.29, 1.82) is 0 Å². The molecule has 21 heavy (non-hydrogen) atoms. The lowest BCUT2D eigenvalue weighted by molar-refractivity contribution is 0.377. The van der Waals surface area contributed by atoms with Crippen LogP contribution in [0.4, 0.5) is 0 Å². The maximum atomic E-state index is 2.38. The lowest BCUT2D eigenvalue weighted by atomic mass is 9.72. The van der Waals surface area contributed by atoms with Crippen molar-refractivity contribution in [2.45, 2.75) is 66.7 Å². The van der Waals surface area contributed by atoms with Crippen molar-refractivity contribution in [1.82, 2.24) is 0 Å². The Bertz CT molecular complexity index is 545. The highest BCUT2D eigenvalue weighted by Gasteiger charge is 2.26. The normalized spacial score (nSPS) is 25.1. The number of hydrogen-bond donors (Lipinski definition) is 0. The number of allylic oxidation sites excluding steroid dienone is 10. The van der Waals surface area contributed by atoms with Gasteiger partial charge in [0.25, 0.3) is 0 Å². The first-order valence-corrected chi connectivity index (χ1v) is 8.31. The third-order valence-corrected chi connectivity index (χ3v) is 4.86. The fourth-order valence-electron chi connectivity index (χ4n) is 3.45. The van der Waals surface area contributed by atoms with Crippen LogP contribution in [0.2, 0.25) is 0 Å². The second-order valence-corrected chi connectivity index (χ2v) is 7.41. The highest BCUT2D eigenvalue weighted by molar-refractivity contribution is 5.38. The van der Waals surface area contributed by atoms with Crippen molar-refractivity contribution in [2.24, 2.45) is 5.41 Å². The molecule has 0 nitrogen and oxygen atoms in total. The molecule has 0 atom stereocenters. The van der Waals surface area contributed by atoms with Gasteiger partial charge < -0.3 is 0 Å². The Morgan fingerprint density at radius 2 is 1.90 bits per heavy atom. The van der Waals surface area contributed by atoms with E-state index in [4.69, 9.17) is 0 Å². The molecule has 0 radical (unpaired) electrons. The second-order valence-electron chi connectivity index (χ2n) is 7.41. The summed E-state index contributed by atoms with van der Waals surface area (Å²) in [5.74, 6) is 0. The van der Waals surface area contributed by atoms with Gasteiger partial charge in [-0.05, 0) is 69.4 Å². The lowest BCUT2D eigenvalue weighted by Crippen LogP contribution is -2.19. The molecule has 0 unspecified atom stereocenters. The van der Waals surface area contributed by atoms with Gasteiger partial charge in [0.15, 0.2) is 0 Å². The van der Waals surface area contributed by atoms with Gasteiger partial charge in [0.2, 0.25) is 0 Å².